The molecule has 0 spiro atoms. The van der Waals surface area contributed by atoms with Crippen LogP contribution in [0.5, 0.6) is 17.2 Å². The third kappa shape index (κ3) is 6.35. The number of carbonyl (C=O) groups excluding carboxylic acids is 1. The summed E-state index contributed by atoms with van der Waals surface area (Å²) in [5.74, 6) is 0.309. The van der Waals surface area contributed by atoms with Gasteiger partial charge in [0.15, 0.2) is 11.5 Å². The summed E-state index contributed by atoms with van der Waals surface area (Å²) in [4.78, 5) is 13.4. The van der Waals surface area contributed by atoms with E-state index >= 15 is 0 Å². The first-order chi connectivity index (χ1) is 19.6. The predicted molar refractivity (Wildman–Crippen MR) is 151 cm³/mol. The van der Waals surface area contributed by atoms with Crippen LogP contribution >= 0.6 is 0 Å². The summed E-state index contributed by atoms with van der Waals surface area (Å²) in [6, 6.07) is 17.2. The molecule has 1 aliphatic heterocycles. The van der Waals surface area contributed by atoms with Crippen molar-refractivity contribution in [1.29, 1.82) is 0 Å². The number of rotatable bonds is 10. The molecule has 1 heterocycles. The van der Waals surface area contributed by atoms with Gasteiger partial charge in [-0.05, 0) is 36.4 Å². The fraction of sp³-hybridized carbons (Fsp3) is 0.259. The molecule has 1 N–H and O–H groups in total. The van der Waals surface area contributed by atoms with E-state index in [1.165, 1.54) is 51.8 Å². The van der Waals surface area contributed by atoms with Gasteiger partial charge in [-0.3, -0.25) is 4.79 Å². The van der Waals surface area contributed by atoms with E-state index in [4.69, 9.17) is 14.2 Å². The molecule has 0 saturated carbocycles. The van der Waals surface area contributed by atoms with Crippen molar-refractivity contribution in [2.24, 2.45) is 5.10 Å². The van der Waals surface area contributed by atoms with Crippen LogP contribution in [0.25, 0.3) is 0 Å². The summed E-state index contributed by atoms with van der Waals surface area (Å²) < 4.78 is 71.7. The molecule has 218 valence electrons. The Balaban J connectivity index is 1.63. The molecule has 3 aromatic rings. The highest BCUT2D eigenvalue weighted by molar-refractivity contribution is 7.89. The van der Waals surface area contributed by atoms with Crippen molar-refractivity contribution in [3.8, 4) is 17.2 Å². The van der Waals surface area contributed by atoms with Gasteiger partial charge < -0.3 is 14.2 Å². The summed E-state index contributed by atoms with van der Waals surface area (Å²) in [5.41, 5.74) is 2.85. The van der Waals surface area contributed by atoms with E-state index in [1.54, 1.807) is 48.5 Å². The molecule has 4 rings (SSSR count). The molecule has 1 amide bonds. The van der Waals surface area contributed by atoms with Gasteiger partial charge in [0.25, 0.3) is 5.91 Å². The van der Waals surface area contributed by atoms with Crippen LogP contribution < -0.4 is 19.6 Å². The average Bonchev–Trinajstić information content (AvgIpc) is 3.00. The lowest BCUT2D eigenvalue weighted by Crippen LogP contribution is -2.60. The number of nitrogens with zero attached hydrogens (tertiary/aromatic N) is 3. The highest BCUT2D eigenvalue weighted by Crippen LogP contribution is 2.37. The topological polar surface area (TPSA) is 144 Å². The number of hydrogen-bond acceptors (Lipinski definition) is 9. The second kappa shape index (κ2) is 12.7. The van der Waals surface area contributed by atoms with E-state index in [-0.39, 0.29) is 22.9 Å². The second-order valence-electron chi connectivity index (χ2n) is 8.81. The maximum absolute atomic E-state index is 13.5. The van der Waals surface area contributed by atoms with Crippen molar-refractivity contribution >= 4 is 32.2 Å². The van der Waals surface area contributed by atoms with Gasteiger partial charge in [0, 0.05) is 25.2 Å². The minimum atomic E-state index is -4.14. The molecule has 1 atom stereocenters. The molecule has 12 nitrogen and oxygen atoms in total. The Morgan fingerprint density at radius 3 is 1.88 bits per heavy atom. The number of amides is 1. The normalized spacial score (nSPS) is 16.8. The highest BCUT2D eigenvalue weighted by Gasteiger charge is 2.43. The molecule has 0 aromatic heterocycles. The van der Waals surface area contributed by atoms with Crippen molar-refractivity contribution in [3.05, 3.63) is 78.4 Å². The lowest BCUT2D eigenvalue weighted by molar-refractivity contribution is -0.125. The van der Waals surface area contributed by atoms with Crippen molar-refractivity contribution in [2.75, 3.05) is 41.0 Å². The van der Waals surface area contributed by atoms with Gasteiger partial charge in [-0.2, -0.15) is 13.7 Å². The Labute approximate surface area is 239 Å². The first-order valence-corrected chi connectivity index (χ1v) is 15.3. The minimum absolute atomic E-state index is 0.0157. The molecule has 0 aliphatic carbocycles. The molecule has 0 radical (unpaired) electrons. The lowest BCUT2D eigenvalue weighted by atomic mass is 10.2. The van der Waals surface area contributed by atoms with E-state index in [1.807, 2.05) is 0 Å². The molecule has 1 aliphatic rings. The van der Waals surface area contributed by atoms with Crippen LogP contribution in [0.2, 0.25) is 0 Å². The molecular weight excluding hydrogens is 572 g/mol. The minimum Gasteiger partial charge on any atom is -0.493 e. The van der Waals surface area contributed by atoms with E-state index in [9.17, 15) is 21.6 Å². The van der Waals surface area contributed by atoms with Gasteiger partial charge in [0.05, 0.1) is 37.3 Å². The SMILES string of the molecule is COc1cc(/C=N\NC(=O)[C@H]2CN(S(=O)(=O)c3ccccc3)CCN2S(=O)(=O)c2ccccc2)cc(OC)c1OC. The molecule has 0 unspecified atom stereocenters. The molecule has 0 bridgehead atoms. The van der Waals surface area contributed by atoms with Gasteiger partial charge in [-0.25, -0.2) is 22.3 Å². The summed E-state index contributed by atoms with van der Waals surface area (Å²) in [6.07, 6.45) is 1.32. The zero-order chi connectivity index (χ0) is 29.6. The average molecular weight is 603 g/mol. The summed E-state index contributed by atoms with van der Waals surface area (Å²) >= 11 is 0. The van der Waals surface area contributed by atoms with Crippen LogP contribution in [0.4, 0.5) is 0 Å². The standard InChI is InChI=1S/C27H30N4O8S2/c1-37-24-16-20(17-25(38-2)26(24)39-3)18-28-29-27(32)23-19-30(40(33,34)21-10-6-4-7-11-21)14-15-31(23)41(35,36)22-12-8-5-9-13-22/h4-13,16-18,23H,14-15,19H2,1-3H3,(H,29,32)/b28-18-/t23-/m1/s1. The lowest BCUT2D eigenvalue weighted by Gasteiger charge is -2.38. The number of sulfonamides is 2. The predicted octanol–water partition coefficient (Wildman–Crippen LogP) is 1.93. The summed E-state index contributed by atoms with van der Waals surface area (Å²) in [5, 5.41) is 3.99. The zero-order valence-electron chi connectivity index (χ0n) is 22.6. The Bertz CT molecular complexity index is 1590. The molecule has 1 fully saturated rings. The second-order valence-corrected chi connectivity index (χ2v) is 12.6. The summed E-state index contributed by atoms with van der Waals surface area (Å²) in [6.45, 7) is -0.783. The number of benzene rings is 3. The van der Waals surface area contributed by atoms with E-state index in [0.29, 0.717) is 22.8 Å². The van der Waals surface area contributed by atoms with Crippen molar-refractivity contribution in [2.45, 2.75) is 15.8 Å². The van der Waals surface area contributed by atoms with E-state index in [2.05, 4.69) is 10.5 Å². The number of nitrogens with one attached hydrogen (secondary N) is 1. The third-order valence-corrected chi connectivity index (χ3v) is 10.2. The van der Waals surface area contributed by atoms with Gasteiger partial charge in [-0.1, -0.05) is 36.4 Å². The highest BCUT2D eigenvalue weighted by atomic mass is 32.2. The number of piperazine rings is 1. The zero-order valence-corrected chi connectivity index (χ0v) is 24.3. The smallest absolute Gasteiger partial charge is 0.259 e. The van der Waals surface area contributed by atoms with Gasteiger partial charge in [0.2, 0.25) is 25.8 Å². The van der Waals surface area contributed by atoms with Gasteiger partial charge in [0.1, 0.15) is 6.04 Å². The first-order valence-electron chi connectivity index (χ1n) is 12.4. The van der Waals surface area contributed by atoms with Crippen LogP contribution in [0.1, 0.15) is 5.56 Å². The Kier molecular flexibility index (Phi) is 9.28. The number of hydrogen-bond donors (Lipinski definition) is 1. The number of ether oxygens (including phenoxy) is 3. The van der Waals surface area contributed by atoms with Crippen LogP contribution in [0.15, 0.2) is 87.7 Å². The van der Waals surface area contributed by atoms with Crippen molar-refractivity contribution < 1.29 is 35.8 Å². The monoisotopic (exact) mass is 602 g/mol. The fourth-order valence-corrected chi connectivity index (χ4v) is 7.40. The quantitative estimate of drug-likeness (QED) is 0.274. The maximum atomic E-state index is 13.5. The molecule has 3 aromatic carbocycles. The number of carbonyl (C=O) groups is 1. The first kappa shape index (κ1) is 30.0. The Morgan fingerprint density at radius 1 is 0.829 bits per heavy atom. The van der Waals surface area contributed by atoms with E-state index in [0.717, 1.165) is 8.61 Å². The number of hydrazone groups is 1. The molecule has 14 heteroatoms. The third-order valence-electron chi connectivity index (χ3n) is 6.40. The van der Waals surface area contributed by atoms with Crippen LogP contribution in [0.3, 0.4) is 0 Å². The van der Waals surface area contributed by atoms with Crippen molar-refractivity contribution in [1.82, 2.24) is 14.0 Å². The largest absolute Gasteiger partial charge is 0.493 e. The Hall–Kier alpha value is -3.98. The van der Waals surface area contributed by atoms with Crippen LogP contribution in [0, 0.1) is 0 Å². The maximum Gasteiger partial charge on any atom is 0.259 e. The molecule has 1 saturated heterocycles. The van der Waals surface area contributed by atoms with Gasteiger partial charge >= 0.3 is 0 Å². The molecular formula is C27H30N4O8S2. The summed E-state index contributed by atoms with van der Waals surface area (Å²) in [7, 11) is -3.75. The number of methoxy groups -OCH3 is 3. The molecule has 41 heavy (non-hydrogen) atoms. The van der Waals surface area contributed by atoms with Gasteiger partial charge in [-0.15, -0.1) is 0 Å². The fourth-order valence-electron chi connectivity index (χ4n) is 4.35. The van der Waals surface area contributed by atoms with Crippen LogP contribution in [-0.4, -0.2) is 84.6 Å². The van der Waals surface area contributed by atoms with Crippen LogP contribution in [-0.2, 0) is 24.8 Å². The Morgan fingerprint density at radius 2 is 1.37 bits per heavy atom. The van der Waals surface area contributed by atoms with E-state index < -0.39 is 38.5 Å². The van der Waals surface area contributed by atoms with Crippen molar-refractivity contribution in [3.63, 3.8) is 0 Å².